The lowest BCUT2D eigenvalue weighted by molar-refractivity contribution is 0.253. The monoisotopic (exact) mass is 470 g/mol. The minimum Gasteiger partial charge on any atom is -0.353 e. The summed E-state index contributed by atoms with van der Waals surface area (Å²) in [5.74, 6) is 1.10. The molecule has 0 aliphatic carbocycles. The minimum atomic E-state index is -3.58. The Morgan fingerprint density at radius 2 is 1.81 bits per heavy atom. The van der Waals surface area contributed by atoms with Crippen LogP contribution in [0.15, 0.2) is 59.9 Å². The highest BCUT2D eigenvalue weighted by atomic mass is 32.2. The number of rotatable bonds is 8. The number of piperazine rings is 1. The molecule has 10 heteroatoms. The molecule has 1 aromatic carbocycles. The zero-order valence-corrected chi connectivity index (χ0v) is 19.4. The second-order valence-corrected chi connectivity index (χ2v) is 10.5. The number of nitrogens with one attached hydrogen (secondary N) is 1. The van der Waals surface area contributed by atoms with Gasteiger partial charge in [-0.1, -0.05) is 18.2 Å². The normalized spacial score (nSPS) is 15.7. The van der Waals surface area contributed by atoms with Gasteiger partial charge in [0.2, 0.25) is 0 Å². The summed E-state index contributed by atoms with van der Waals surface area (Å²) in [6.45, 7) is 5.33. The highest BCUT2D eigenvalue weighted by Gasteiger charge is 2.21. The van der Waals surface area contributed by atoms with Crippen LogP contribution in [0.3, 0.4) is 0 Å². The number of nitrogens with zero attached hydrogens (tertiary/aromatic N) is 5. The zero-order chi connectivity index (χ0) is 22.0. The average molecular weight is 471 g/mol. The third kappa shape index (κ3) is 4.36. The van der Waals surface area contributed by atoms with E-state index in [0.29, 0.717) is 12.2 Å². The minimum absolute atomic E-state index is 0.179. The van der Waals surface area contributed by atoms with Crippen molar-refractivity contribution in [3.63, 3.8) is 0 Å². The fourth-order valence-corrected chi connectivity index (χ4v) is 6.09. The van der Waals surface area contributed by atoms with E-state index >= 15 is 0 Å². The quantitative estimate of drug-likeness (QED) is 0.399. The maximum atomic E-state index is 12.6. The lowest BCUT2D eigenvalue weighted by Gasteiger charge is -2.35. The van der Waals surface area contributed by atoms with E-state index in [1.165, 1.54) is 16.3 Å². The summed E-state index contributed by atoms with van der Waals surface area (Å²) >= 11 is 1.56. The average Bonchev–Trinajstić information content (AvgIpc) is 3.44. The van der Waals surface area contributed by atoms with Gasteiger partial charge in [0.05, 0.1) is 10.9 Å². The Bertz CT molecular complexity index is 1310. The molecule has 1 saturated heterocycles. The van der Waals surface area contributed by atoms with Gasteiger partial charge in [-0.15, -0.1) is 0 Å². The molecule has 0 radical (unpaired) electrons. The standard InChI is InChI=1S/C22H26N6O2S2/c29-32(30,21-17-23-20-9-3-5-12-28(20)21)24-10-4-6-11-26-13-15-27(16-14-26)22-18-7-1-2-8-19(18)31-25-22/h1-3,5,7-9,12,17,24H,4,6,10-11,13-16H2. The van der Waals surface area contributed by atoms with Crippen molar-refractivity contribution in [1.82, 2.24) is 23.4 Å². The van der Waals surface area contributed by atoms with E-state index in [1.54, 1.807) is 34.3 Å². The molecular formula is C22H26N6O2S2. The maximum absolute atomic E-state index is 12.6. The van der Waals surface area contributed by atoms with Crippen LogP contribution in [0.2, 0.25) is 0 Å². The van der Waals surface area contributed by atoms with Crippen LogP contribution in [0.25, 0.3) is 15.7 Å². The number of anilines is 1. The first kappa shape index (κ1) is 21.3. The van der Waals surface area contributed by atoms with Crippen LogP contribution in [0.1, 0.15) is 12.8 Å². The first-order valence-corrected chi connectivity index (χ1v) is 13.1. The molecule has 1 fully saturated rings. The summed E-state index contributed by atoms with van der Waals surface area (Å²) in [7, 11) is -3.58. The van der Waals surface area contributed by atoms with Crippen molar-refractivity contribution >= 4 is 43.1 Å². The molecule has 0 bridgehead atoms. The van der Waals surface area contributed by atoms with Crippen molar-refractivity contribution in [1.29, 1.82) is 0 Å². The maximum Gasteiger partial charge on any atom is 0.258 e. The Hall–Kier alpha value is -2.53. The molecule has 5 rings (SSSR count). The summed E-state index contributed by atoms with van der Waals surface area (Å²) in [5.41, 5.74) is 0.623. The predicted octanol–water partition coefficient (Wildman–Crippen LogP) is 2.82. The summed E-state index contributed by atoms with van der Waals surface area (Å²) in [6.07, 6.45) is 4.87. The number of unbranched alkanes of at least 4 members (excludes halogenated alkanes) is 1. The number of hydrogen-bond acceptors (Lipinski definition) is 7. The molecule has 0 spiro atoms. The zero-order valence-electron chi connectivity index (χ0n) is 17.7. The topological polar surface area (TPSA) is 82.8 Å². The predicted molar refractivity (Wildman–Crippen MR) is 128 cm³/mol. The van der Waals surface area contributed by atoms with Gasteiger partial charge in [-0.2, -0.15) is 4.37 Å². The number of pyridine rings is 1. The summed E-state index contributed by atoms with van der Waals surface area (Å²) in [6, 6.07) is 13.8. The van der Waals surface area contributed by atoms with E-state index < -0.39 is 10.0 Å². The molecule has 0 amide bonds. The molecule has 0 saturated carbocycles. The van der Waals surface area contributed by atoms with Gasteiger partial charge in [-0.25, -0.2) is 18.1 Å². The van der Waals surface area contributed by atoms with E-state index in [1.807, 2.05) is 6.07 Å². The van der Waals surface area contributed by atoms with Crippen LogP contribution in [0.5, 0.6) is 0 Å². The van der Waals surface area contributed by atoms with Crippen molar-refractivity contribution in [2.45, 2.75) is 17.9 Å². The number of fused-ring (bicyclic) bond motifs is 2. The summed E-state index contributed by atoms with van der Waals surface area (Å²) in [4.78, 5) is 8.98. The second-order valence-electron chi connectivity index (χ2n) is 7.96. The third-order valence-electron chi connectivity index (χ3n) is 5.88. The van der Waals surface area contributed by atoms with Gasteiger partial charge >= 0.3 is 0 Å². The Balaban J connectivity index is 1.06. The van der Waals surface area contributed by atoms with Gasteiger partial charge in [0.25, 0.3) is 10.0 Å². The van der Waals surface area contributed by atoms with Crippen LogP contribution in [0, 0.1) is 0 Å². The van der Waals surface area contributed by atoms with E-state index in [9.17, 15) is 8.42 Å². The number of imidazole rings is 1. The molecule has 1 aliphatic heterocycles. The van der Waals surface area contributed by atoms with Gasteiger partial charge in [0.15, 0.2) is 5.03 Å². The third-order valence-corrected chi connectivity index (χ3v) is 8.14. The fourth-order valence-electron chi connectivity index (χ4n) is 4.13. The highest BCUT2D eigenvalue weighted by molar-refractivity contribution is 7.89. The van der Waals surface area contributed by atoms with Crippen LogP contribution >= 0.6 is 11.5 Å². The van der Waals surface area contributed by atoms with Crippen molar-refractivity contribution in [3.8, 4) is 0 Å². The largest absolute Gasteiger partial charge is 0.353 e. The second kappa shape index (κ2) is 9.14. The van der Waals surface area contributed by atoms with E-state index in [4.69, 9.17) is 0 Å². The first-order valence-electron chi connectivity index (χ1n) is 10.9. The van der Waals surface area contributed by atoms with Crippen LogP contribution in [-0.4, -0.2) is 66.3 Å². The number of hydrogen-bond donors (Lipinski definition) is 1. The fraction of sp³-hybridized carbons (Fsp3) is 0.364. The van der Waals surface area contributed by atoms with E-state index in [0.717, 1.165) is 51.4 Å². The summed E-state index contributed by atoms with van der Waals surface area (Å²) < 4.78 is 35.4. The van der Waals surface area contributed by atoms with Gasteiger partial charge in [0.1, 0.15) is 11.5 Å². The van der Waals surface area contributed by atoms with Gasteiger partial charge in [-0.05, 0) is 55.2 Å². The molecule has 1 aliphatic rings. The van der Waals surface area contributed by atoms with Crippen LogP contribution in [0.4, 0.5) is 5.82 Å². The van der Waals surface area contributed by atoms with Crippen molar-refractivity contribution in [3.05, 3.63) is 54.9 Å². The lowest BCUT2D eigenvalue weighted by Crippen LogP contribution is -2.46. The van der Waals surface area contributed by atoms with Crippen molar-refractivity contribution in [2.24, 2.45) is 0 Å². The molecule has 4 heterocycles. The van der Waals surface area contributed by atoms with Crippen molar-refractivity contribution in [2.75, 3.05) is 44.2 Å². The molecule has 0 unspecified atom stereocenters. The van der Waals surface area contributed by atoms with Crippen LogP contribution < -0.4 is 9.62 Å². The summed E-state index contributed by atoms with van der Waals surface area (Å²) in [5, 5.41) is 1.42. The first-order chi connectivity index (χ1) is 15.6. The molecule has 0 atom stereocenters. The number of aromatic nitrogens is 3. The number of benzene rings is 1. The smallest absolute Gasteiger partial charge is 0.258 e. The van der Waals surface area contributed by atoms with Crippen LogP contribution in [-0.2, 0) is 10.0 Å². The Morgan fingerprint density at radius 3 is 2.69 bits per heavy atom. The molecule has 8 nitrogen and oxygen atoms in total. The molecule has 3 aromatic heterocycles. The molecule has 1 N–H and O–H groups in total. The van der Waals surface area contributed by atoms with E-state index in [2.05, 4.69) is 48.1 Å². The molecule has 168 valence electrons. The van der Waals surface area contributed by atoms with Gasteiger partial charge in [0, 0.05) is 44.3 Å². The SMILES string of the molecule is O=S(=O)(NCCCCN1CCN(c2nsc3ccccc23)CC1)c1cnc2ccccn12. The Kier molecular flexibility index (Phi) is 6.09. The van der Waals surface area contributed by atoms with Gasteiger partial charge in [-0.3, -0.25) is 9.30 Å². The Morgan fingerprint density at radius 1 is 1.00 bits per heavy atom. The van der Waals surface area contributed by atoms with E-state index in [-0.39, 0.29) is 5.03 Å². The van der Waals surface area contributed by atoms with Crippen molar-refractivity contribution < 1.29 is 8.42 Å². The lowest BCUT2D eigenvalue weighted by atomic mass is 10.2. The molecule has 4 aromatic rings. The van der Waals surface area contributed by atoms with Gasteiger partial charge < -0.3 is 4.90 Å². The molecule has 32 heavy (non-hydrogen) atoms. The molecular weight excluding hydrogens is 444 g/mol. The Labute approximate surface area is 191 Å². The highest BCUT2D eigenvalue weighted by Crippen LogP contribution is 2.29. The number of sulfonamides is 1.